The van der Waals surface area contributed by atoms with Crippen molar-refractivity contribution in [2.75, 3.05) is 6.54 Å². The highest BCUT2D eigenvalue weighted by Crippen LogP contribution is 2.15. The number of fused-ring (bicyclic) bond motifs is 2. The summed E-state index contributed by atoms with van der Waals surface area (Å²) in [6.07, 6.45) is -0.273. The van der Waals surface area contributed by atoms with Crippen LogP contribution in [0.15, 0.2) is 84.9 Å². The third kappa shape index (κ3) is 13.5. The first kappa shape index (κ1) is 45.6. The Kier molecular flexibility index (Phi) is 17.1. The van der Waals surface area contributed by atoms with E-state index in [0.717, 1.165) is 11.1 Å². The van der Waals surface area contributed by atoms with Crippen molar-refractivity contribution in [3.05, 3.63) is 107 Å². The average molecular weight is 812 g/mol. The van der Waals surface area contributed by atoms with E-state index in [2.05, 4.69) is 37.2 Å². The van der Waals surface area contributed by atoms with Crippen LogP contribution in [0.3, 0.4) is 0 Å². The molecule has 15 heteroatoms. The fourth-order valence-corrected chi connectivity index (χ4v) is 6.57. The van der Waals surface area contributed by atoms with Gasteiger partial charge in [0.05, 0.1) is 12.6 Å². The molecule has 4 rings (SSSR count). The number of hydrogen-bond donors (Lipinski definition) is 8. The van der Waals surface area contributed by atoms with E-state index < -0.39 is 96.0 Å². The Labute approximate surface area is 345 Å². The average Bonchev–Trinajstić information content (AvgIpc) is 3.23. The number of aliphatic hydroxyl groups excluding tert-OH is 1. The number of aliphatic hydroxyl groups is 1. The Hall–Kier alpha value is -6.09. The zero-order valence-corrected chi connectivity index (χ0v) is 34.2. The van der Waals surface area contributed by atoms with Crippen LogP contribution in [0.1, 0.15) is 74.5 Å². The smallest absolute Gasteiger partial charge is 0.252 e. The Morgan fingerprint density at radius 3 is 1.53 bits per heavy atom. The SMILES string of the molecule is CC[C@H](C)[C@@H]1NC(=O)[C@H]([C@@H](C)O)NC(=O)c2cccc(c2)CNC(=O)[C@H](Cc2ccccc2)NC(=O)CNC(=O)[C@H](Cc2ccccc2)NC(=O)[C@H]([C@@H](C)CC)NC1=O. The topological polar surface area (TPSA) is 224 Å². The van der Waals surface area contributed by atoms with Crippen molar-refractivity contribution in [2.24, 2.45) is 11.8 Å². The van der Waals surface area contributed by atoms with Crippen molar-refractivity contribution >= 4 is 41.4 Å². The van der Waals surface area contributed by atoms with Crippen LogP contribution in [0.4, 0.5) is 0 Å². The molecule has 3 aromatic carbocycles. The first-order chi connectivity index (χ1) is 28.2. The van der Waals surface area contributed by atoms with Crippen LogP contribution in [-0.4, -0.2) is 89.3 Å². The molecule has 316 valence electrons. The summed E-state index contributed by atoms with van der Waals surface area (Å²) in [7, 11) is 0. The monoisotopic (exact) mass is 811 g/mol. The third-order valence-corrected chi connectivity index (χ3v) is 10.6. The summed E-state index contributed by atoms with van der Waals surface area (Å²) in [6.45, 7) is 7.98. The highest BCUT2D eigenvalue weighted by Gasteiger charge is 2.36. The second-order valence-electron chi connectivity index (χ2n) is 15.1. The van der Waals surface area contributed by atoms with Crippen LogP contribution in [0, 0.1) is 11.8 Å². The Morgan fingerprint density at radius 2 is 1.02 bits per heavy atom. The summed E-state index contributed by atoms with van der Waals surface area (Å²) in [6, 6.07) is 18.3. The summed E-state index contributed by atoms with van der Waals surface area (Å²) >= 11 is 0. The lowest BCUT2D eigenvalue weighted by Crippen LogP contribution is -2.62. The van der Waals surface area contributed by atoms with Crippen molar-refractivity contribution in [3.8, 4) is 0 Å². The molecule has 0 aromatic heterocycles. The van der Waals surface area contributed by atoms with Crippen LogP contribution < -0.4 is 37.2 Å². The molecule has 15 nitrogen and oxygen atoms in total. The van der Waals surface area contributed by atoms with Crippen molar-refractivity contribution in [3.63, 3.8) is 0 Å². The molecule has 1 aliphatic rings. The van der Waals surface area contributed by atoms with Gasteiger partial charge in [-0.15, -0.1) is 0 Å². The van der Waals surface area contributed by atoms with Crippen LogP contribution in [0.25, 0.3) is 0 Å². The molecule has 0 fully saturated rings. The second kappa shape index (κ2) is 22.2. The second-order valence-corrected chi connectivity index (χ2v) is 15.1. The predicted octanol–water partition coefficient (Wildman–Crippen LogP) is 1.43. The van der Waals surface area contributed by atoms with Gasteiger partial charge in [-0.05, 0) is 47.6 Å². The Morgan fingerprint density at radius 1 is 0.542 bits per heavy atom. The van der Waals surface area contributed by atoms with Gasteiger partial charge in [-0.2, -0.15) is 0 Å². The predicted molar refractivity (Wildman–Crippen MR) is 221 cm³/mol. The van der Waals surface area contributed by atoms with Crippen molar-refractivity contribution in [1.82, 2.24) is 37.2 Å². The maximum atomic E-state index is 14.1. The highest BCUT2D eigenvalue weighted by atomic mass is 16.3. The minimum Gasteiger partial charge on any atom is -0.391 e. The van der Waals surface area contributed by atoms with Crippen LogP contribution in [-0.2, 0) is 48.2 Å². The first-order valence-electron chi connectivity index (χ1n) is 20.1. The summed E-state index contributed by atoms with van der Waals surface area (Å²) < 4.78 is 0. The molecule has 0 aliphatic carbocycles. The van der Waals surface area contributed by atoms with Crippen molar-refractivity contribution < 1.29 is 38.7 Å². The lowest BCUT2D eigenvalue weighted by molar-refractivity contribution is -0.136. The minimum atomic E-state index is -1.47. The standard InChI is InChI=1S/C44H57N7O8/c1-6-26(3)36-42(57)48-34(23-30-17-12-9-13-18-30)41(56)46-25-35(53)47-33(22-29-15-10-8-11-16-29)40(55)45-24-31-19-14-20-32(21-31)39(54)51-38(28(5)52)44(59)50-37(27(4)7-2)43(58)49-36/h8-21,26-28,33-34,36-38,52H,6-7,22-25H2,1-5H3,(H,45,55)(H,46,56)(H,47,53)(H,48,57)(H,49,58)(H,50,59)(H,51,54)/t26-,27-,28+,33-,34-,36-,37-,38-/m0/s1. The van der Waals surface area contributed by atoms with Crippen molar-refractivity contribution in [1.29, 1.82) is 0 Å². The van der Waals surface area contributed by atoms with Gasteiger partial charge >= 0.3 is 0 Å². The van der Waals surface area contributed by atoms with Gasteiger partial charge in [0.2, 0.25) is 35.4 Å². The molecule has 0 saturated heterocycles. The number of benzene rings is 3. The fraction of sp³-hybridized carbons (Fsp3) is 0.432. The number of carbonyl (C=O) groups is 7. The largest absolute Gasteiger partial charge is 0.391 e. The lowest BCUT2D eigenvalue weighted by Gasteiger charge is -2.31. The van der Waals surface area contributed by atoms with Crippen LogP contribution in [0.5, 0.6) is 0 Å². The van der Waals surface area contributed by atoms with Crippen LogP contribution in [0.2, 0.25) is 0 Å². The molecule has 2 bridgehead atoms. The maximum Gasteiger partial charge on any atom is 0.252 e. The Bertz CT molecular complexity index is 1930. The zero-order valence-electron chi connectivity index (χ0n) is 34.2. The number of carbonyl (C=O) groups excluding carboxylic acids is 7. The van der Waals surface area contributed by atoms with Gasteiger partial charge in [-0.25, -0.2) is 0 Å². The van der Waals surface area contributed by atoms with Gasteiger partial charge < -0.3 is 42.3 Å². The van der Waals surface area contributed by atoms with E-state index in [1.54, 1.807) is 62.4 Å². The summed E-state index contributed by atoms with van der Waals surface area (Å²) in [5.41, 5.74) is 2.16. The zero-order chi connectivity index (χ0) is 43.1. The third-order valence-electron chi connectivity index (χ3n) is 10.6. The normalized spacial score (nSPS) is 23.4. The van der Waals surface area contributed by atoms with E-state index in [1.165, 1.54) is 19.1 Å². The fourth-order valence-electron chi connectivity index (χ4n) is 6.57. The van der Waals surface area contributed by atoms with Crippen LogP contribution >= 0.6 is 0 Å². The molecular weight excluding hydrogens is 755 g/mol. The molecule has 1 aliphatic heterocycles. The van der Waals surface area contributed by atoms with E-state index >= 15 is 0 Å². The first-order valence-corrected chi connectivity index (χ1v) is 20.1. The van der Waals surface area contributed by atoms with Gasteiger partial charge in [-0.3, -0.25) is 33.6 Å². The molecule has 0 unspecified atom stereocenters. The highest BCUT2D eigenvalue weighted by molar-refractivity contribution is 5.99. The number of rotatable bonds is 9. The molecule has 0 radical (unpaired) electrons. The molecule has 8 atom stereocenters. The summed E-state index contributed by atoms with van der Waals surface area (Å²) in [5.74, 6) is -5.53. The molecule has 1 heterocycles. The molecule has 0 spiro atoms. The minimum absolute atomic E-state index is 0.0254. The van der Waals surface area contributed by atoms with Gasteiger partial charge in [0, 0.05) is 24.9 Å². The van der Waals surface area contributed by atoms with E-state index in [9.17, 15) is 38.7 Å². The van der Waals surface area contributed by atoms with Gasteiger partial charge in [0.25, 0.3) is 5.91 Å². The number of amides is 7. The molecule has 3 aromatic rings. The quantitative estimate of drug-likeness (QED) is 0.158. The lowest BCUT2D eigenvalue weighted by atomic mass is 9.94. The maximum absolute atomic E-state index is 14.1. The molecule has 8 N–H and O–H groups in total. The molecule has 0 saturated carbocycles. The van der Waals surface area contributed by atoms with Gasteiger partial charge in [0.1, 0.15) is 30.2 Å². The molecular formula is C44H57N7O8. The molecule has 59 heavy (non-hydrogen) atoms. The van der Waals surface area contributed by atoms with E-state index in [0.29, 0.717) is 18.4 Å². The number of nitrogens with one attached hydrogen (secondary N) is 7. The van der Waals surface area contributed by atoms with E-state index in [1.807, 2.05) is 38.1 Å². The van der Waals surface area contributed by atoms with Gasteiger partial charge in [0.15, 0.2) is 0 Å². The summed E-state index contributed by atoms with van der Waals surface area (Å²) in [4.78, 5) is 96.2. The van der Waals surface area contributed by atoms with Crippen molar-refractivity contribution in [2.45, 2.75) is 103 Å². The Balaban J connectivity index is 1.72. The van der Waals surface area contributed by atoms with E-state index in [4.69, 9.17) is 0 Å². The number of hydrogen-bond acceptors (Lipinski definition) is 8. The molecule has 7 amide bonds. The van der Waals surface area contributed by atoms with Gasteiger partial charge in [-0.1, -0.05) is 113 Å². The summed E-state index contributed by atoms with van der Waals surface area (Å²) in [5, 5.41) is 29.6. The van der Waals surface area contributed by atoms with E-state index in [-0.39, 0.29) is 24.9 Å².